The molecular weight excluding hydrogens is 230 g/mol. The summed E-state index contributed by atoms with van der Waals surface area (Å²) in [5.41, 5.74) is 3.40. The molecule has 2 rings (SSSR count). The summed E-state index contributed by atoms with van der Waals surface area (Å²) in [4.78, 5) is 4.65. The Kier molecular flexibility index (Phi) is 3.68. The van der Waals surface area contributed by atoms with Gasteiger partial charge in [0.05, 0.1) is 10.5 Å². The monoisotopic (exact) mass is 247 g/mol. The molecule has 0 unspecified atom stereocenters. The molecule has 1 heterocycles. The third-order valence-electron chi connectivity index (χ3n) is 2.97. The van der Waals surface area contributed by atoms with E-state index in [1.807, 2.05) is 6.07 Å². The van der Waals surface area contributed by atoms with Crippen LogP contribution in [-0.2, 0) is 6.42 Å². The number of halogens is 1. The lowest BCUT2D eigenvalue weighted by molar-refractivity contribution is 0.830. The minimum Gasteiger partial charge on any atom is -0.252 e. The van der Waals surface area contributed by atoms with Gasteiger partial charge in [-0.15, -0.1) is 0 Å². The Morgan fingerprint density at radius 3 is 2.65 bits per heavy atom. The summed E-state index contributed by atoms with van der Waals surface area (Å²) >= 11 is 6.34. The second-order valence-corrected chi connectivity index (χ2v) is 5.19. The molecule has 0 aliphatic heterocycles. The Morgan fingerprint density at radius 2 is 2.00 bits per heavy atom. The number of aryl methyl sites for hydroxylation is 1. The number of rotatable bonds is 3. The topological polar surface area (TPSA) is 12.9 Å². The number of nitrogens with zero attached hydrogens (tertiary/aromatic N) is 1. The van der Waals surface area contributed by atoms with E-state index in [1.165, 1.54) is 5.56 Å². The van der Waals surface area contributed by atoms with Crippen LogP contribution in [0.2, 0.25) is 5.02 Å². The van der Waals surface area contributed by atoms with Gasteiger partial charge in [-0.05, 0) is 36.1 Å². The van der Waals surface area contributed by atoms with Gasteiger partial charge in [0.25, 0.3) is 0 Å². The van der Waals surface area contributed by atoms with Gasteiger partial charge in [-0.1, -0.05) is 44.9 Å². The van der Waals surface area contributed by atoms with Gasteiger partial charge in [-0.25, -0.2) is 0 Å². The molecule has 0 amide bonds. The van der Waals surface area contributed by atoms with E-state index in [9.17, 15) is 0 Å². The van der Waals surface area contributed by atoms with Crippen LogP contribution in [0.15, 0.2) is 24.3 Å². The molecule has 0 spiro atoms. The Morgan fingerprint density at radius 1 is 1.24 bits per heavy atom. The second kappa shape index (κ2) is 5.05. The van der Waals surface area contributed by atoms with Crippen LogP contribution in [0.3, 0.4) is 0 Å². The van der Waals surface area contributed by atoms with Crippen LogP contribution < -0.4 is 0 Å². The SMILES string of the molecule is CCCc1ccc2nc(C(C)C)cc(Cl)c2c1. The summed E-state index contributed by atoms with van der Waals surface area (Å²) in [6, 6.07) is 8.39. The van der Waals surface area contributed by atoms with Crippen molar-refractivity contribution in [1.82, 2.24) is 4.98 Å². The van der Waals surface area contributed by atoms with Gasteiger partial charge in [0.1, 0.15) is 0 Å². The van der Waals surface area contributed by atoms with E-state index in [0.717, 1.165) is 34.5 Å². The molecule has 90 valence electrons. The molecule has 0 saturated heterocycles. The van der Waals surface area contributed by atoms with Gasteiger partial charge in [-0.2, -0.15) is 0 Å². The maximum absolute atomic E-state index is 6.34. The lowest BCUT2D eigenvalue weighted by Gasteiger charge is -2.09. The molecule has 0 N–H and O–H groups in total. The second-order valence-electron chi connectivity index (χ2n) is 4.79. The van der Waals surface area contributed by atoms with Crippen molar-refractivity contribution in [2.24, 2.45) is 0 Å². The van der Waals surface area contributed by atoms with Crippen molar-refractivity contribution in [3.63, 3.8) is 0 Å². The molecule has 2 heteroatoms. The molecule has 17 heavy (non-hydrogen) atoms. The van der Waals surface area contributed by atoms with Crippen molar-refractivity contribution >= 4 is 22.5 Å². The summed E-state index contributed by atoms with van der Waals surface area (Å²) in [7, 11) is 0. The standard InChI is InChI=1S/C15H18ClN/c1-4-5-11-6-7-14-12(8-11)13(16)9-15(17-14)10(2)3/h6-10H,4-5H2,1-3H3. The average molecular weight is 248 g/mol. The first kappa shape index (κ1) is 12.4. The predicted octanol–water partition coefficient (Wildman–Crippen LogP) is 4.96. The highest BCUT2D eigenvalue weighted by atomic mass is 35.5. The zero-order valence-electron chi connectivity index (χ0n) is 10.6. The van der Waals surface area contributed by atoms with Crippen LogP contribution in [0.5, 0.6) is 0 Å². The van der Waals surface area contributed by atoms with Crippen LogP contribution in [0, 0.1) is 0 Å². The van der Waals surface area contributed by atoms with Crippen molar-refractivity contribution in [2.75, 3.05) is 0 Å². The molecule has 0 saturated carbocycles. The van der Waals surface area contributed by atoms with Gasteiger partial charge >= 0.3 is 0 Å². The van der Waals surface area contributed by atoms with E-state index < -0.39 is 0 Å². The first-order valence-corrected chi connectivity index (χ1v) is 6.58. The number of fused-ring (bicyclic) bond motifs is 1. The predicted molar refractivity (Wildman–Crippen MR) is 74.8 cm³/mol. The largest absolute Gasteiger partial charge is 0.252 e. The third-order valence-corrected chi connectivity index (χ3v) is 3.29. The quantitative estimate of drug-likeness (QED) is 0.747. The van der Waals surface area contributed by atoms with Crippen molar-refractivity contribution in [3.05, 3.63) is 40.5 Å². The van der Waals surface area contributed by atoms with Crippen LogP contribution >= 0.6 is 11.6 Å². The van der Waals surface area contributed by atoms with Crippen molar-refractivity contribution in [1.29, 1.82) is 0 Å². The minimum absolute atomic E-state index is 0.409. The van der Waals surface area contributed by atoms with E-state index >= 15 is 0 Å². The summed E-state index contributed by atoms with van der Waals surface area (Å²) in [6.07, 6.45) is 2.25. The van der Waals surface area contributed by atoms with Gasteiger partial charge in [0.2, 0.25) is 0 Å². The highest BCUT2D eigenvalue weighted by Gasteiger charge is 2.07. The Hall–Kier alpha value is -1.08. The molecule has 0 aliphatic rings. The van der Waals surface area contributed by atoms with Gasteiger partial charge < -0.3 is 0 Å². The molecule has 2 aromatic rings. The van der Waals surface area contributed by atoms with Crippen molar-refractivity contribution in [3.8, 4) is 0 Å². The smallest absolute Gasteiger partial charge is 0.0720 e. The molecule has 1 nitrogen and oxygen atoms in total. The highest BCUT2D eigenvalue weighted by Crippen LogP contribution is 2.27. The van der Waals surface area contributed by atoms with Crippen molar-refractivity contribution in [2.45, 2.75) is 39.5 Å². The number of aromatic nitrogens is 1. The highest BCUT2D eigenvalue weighted by molar-refractivity contribution is 6.35. The maximum atomic E-state index is 6.34. The summed E-state index contributed by atoms with van der Waals surface area (Å²) < 4.78 is 0. The van der Waals surface area contributed by atoms with Crippen molar-refractivity contribution < 1.29 is 0 Å². The van der Waals surface area contributed by atoms with Crippen LogP contribution in [-0.4, -0.2) is 4.98 Å². The van der Waals surface area contributed by atoms with Gasteiger partial charge in [0.15, 0.2) is 0 Å². The molecule has 0 bridgehead atoms. The number of hydrogen-bond acceptors (Lipinski definition) is 1. The number of hydrogen-bond donors (Lipinski definition) is 0. The molecule has 0 fully saturated rings. The molecule has 0 radical (unpaired) electrons. The minimum atomic E-state index is 0.409. The Balaban J connectivity index is 2.56. The van der Waals surface area contributed by atoms with E-state index in [4.69, 9.17) is 11.6 Å². The first-order chi connectivity index (χ1) is 8.11. The third kappa shape index (κ3) is 2.61. The van der Waals surface area contributed by atoms with E-state index in [-0.39, 0.29) is 0 Å². The van der Waals surface area contributed by atoms with E-state index in [2.05, 4.69) is 44.0 Å². The van der Waals surface area contributed by atoms with E-state index in [0.29, 0.717) is 5.92 Å². The van der Waals surface area contributed by atoms with Gasteiger partial charge in [-0.3, -0.25) is 4.98 Å². The number of benzene rings is 1. The summed E-state index contributed by atoms with van der Waals surface area (Å²) in [5.74, 6) is 0.409. The number of pyridine rings is 1. The zero-order valence-corrected chi connectivity index (χ0v) is 11.4. The zero-order chi connectivity index (χ0) is 12.4. The van der Waals surface area contributed by atoms with Crippen LogP contribution in [0.4, 0.5) is 0 Å². The molecular formula is C15H18ClN. The maximum Gasteiger partial charge on any atom is 0.0720 e. The van der Waals surface area contributed by atoms with Crippen LogP contribution in [0.1, 0.15) is 44.4 Å². The molecule has 1 aromatic heterocycles. The summed E-state index contributed by atoms with van der Waals surface area (Å²) in [5, 5.41) is 1.89. The fourth-order valence-corrected chi connectivity index (χ4v) is 2.25. The Bertz CT molecular complexity index is 532. The van der Waals surface area contributed by atoms with Crippen LogP contribution in [0.25, 0.3) is 10.9 Å². The Labute approximate surface area is 108 Å². The van der Waals surface area contributed by atoms with Gasteiger partial charge in [0, 0.05) is 11.1 Å². The normalized spacial score (nSPS) is 11.4. The fraction of sp³-hybridized carbons (Fsp3) is 0.400. The first-order valence-electron chi connectivity index (χ1n) is 6.21. The lowest BCUT2D eigenvalue weighted by atomic mass is 10.0. The average Bonchev–Trinajstić information content (AvgIpc) is 2.30. The fourth-order valence-electron chi connectivity index (χ4n) is 1.99. The molecule has 1 aromatic carbocycles. The van der Waals surface area contributed by atoms with E-state index in [1.54, 1.807) is 0 Å². The summed E-state index contributed by atoms with van der Waals surface area (Å²) in [6.45, 7) is 6.46. The molecule has 0 atom stereocenters. The lowest BCUT2D eigenvalue weighted by Crippen LogP contribution is -1.94. The molecule has 0 aliphatic carbocycles.